The fraction of sp³-hybridized carbons (Fsp3) is 0.625. The van der Waals surface area contributed by atoms with Crippen LogP contribution in [0.4, 0.5) is 0 Å². The largest absolute Gasteiger partial charge is 0.307 e. The zero-order valence-corrected chi connectivity index (χ0v) is 13.0. The van der Waals surface area contributed by atoms with E-state index in [-0.39, 0.29) is 0 Å². The molecule has 1 N–H and O–H groups in total. The molecule has 2 rings (SSSR count). The number of nitrogens with one attached hydrogen (secondary N) is 1. The van der Waals surface area contributed by atoms with E-state index in [4.69, 9.17) is 0 Å². The molecular formula is C16H24BrN. The lowest BCUT2D eigenvalue weighted by Crippen LogP contribution is -2.35. The van der Waals surface area contributed by atoms with Crippen LogP contribution in [-0.4, -0.2) is 6.04 Å². The molecule has 0 amide bonds. The molecule has 1 nitrogen and oxygen atoms in total. The summed E-state index contributed by atoms with van der Waals surface area (Å²) < 4.78 is 1.17. The summed E-state index contributed by atoms with van der Waals surface area (Å²) in [7, 11) is 0. The molecule has 0 saturated heterocycles. The predicted molar refractivity (Wildman–Crippen MR) is 81.7 cm³/mol. The van der Waals surface area contributed by atoms with E-state index in [0.717, 1.165) is 5.92 Å². The van der Waals surface area contributed by atoms with Crippen molar-refractivity contribution in [3.05, 3.63) is 34.3 Å². The number of hydrogen-bond donors (Lipinski definition) is 1. The fourth-order valence-electron chi connectivity index (χ4n) is 3.04. The van der Waals surface area contributed by atoms with Crippen molar-refractivity contribution in [1.29, 1.82) is 0 Å². The molecule has 0 bridgehead atoms. The van der Waals surface area contributed by atoms with Gasteiger partial charge in [0.1, 0.15) is 0 Å². The van der Waals surface area contributed by atoms with Gasteiger partial charge in [-0.15, -0.1) is 0 Å². The molecule has 2 heteroatoms. The summed E-state index contributed by atoms with van der Waals surface area (Å²) in [5.41, 5.74) is 1.38. The van der Waals surface area contributed by atoms with E-state index in [0.29, 0.717) is 12.1 Å². The first-order chi connectivity index (χ1) is 8.69. The smallest absolute Gasteiger partial charge is 0.0294 e. The van der Waals surface area contributed by atoms with Crippen LogP contribution >= 0.6 is 15.9 Å². The first kappa shape index (κ1) is 14.1. The monoisotopic (exact) mass is 309 g/mol. The SMILES string of the molecule is CCC1CCCC(NC(C)c2cccc(Br)c2)C1. The number of benzene rings is 1. The Balaban J connectivity index is 1.92. The van der Waals surface area contributed by atoms with Crippen LogP contribution in [0.3, 0.4) is 0 Å². The zero-order valence-electron chi connectivity index (χ0n) is 11.5. The van der Waals surface area contributed by atoms with Gasteiger partial charge in [0.05, 0.1) is 0 Å². The summed E-state index contributed by atoms with van der Waals surface area (Å²) in [6.07, 6.45) is 6.86. The molecule has 18 heavy (non-hydrogen) atoms. The lowest BCUT2D eigenvalue weighted by molar-refractivity contribution is 0.266. The Bertz CT molecular complexity index is 377. The van der Waals surface area contributed by atoms with Crippen molar-refractivity contribution in [2.75, 3.05) is 0 Å². The van der Waals surface area contributed by atoms with Gasteiger partial charge >= 0.3 is 0 Å². The normalized spacial score (nSPS) is 25.9. The van der Waals surface area contributed by atoms with E-state index in [2.05, 4.69) is 59.4 Å². The van der Waals surface area contributed by atoms with Crippen molar-refractivity contribution in [1.82, 2.24) is 5.32 Å². The standard InChI is InChI=1S/C16H24BrN/c1-3-13-6-4-9-16(10-13)18-12(2)14-7-5-8-15(17)11-14/h5,7-8,11-13,16,18H,3-4,6,9-10H2,1-2H3. The van der Waals surface area contributed by atoms with Crippen molar-refractivity contribution >= 4 is 15.9 Å². The van der Waals surface area contributed by atoms with Gasteiger partial charge in [-0.3, -0.25) is 0 Å². The van der Waals surface area contributed by atoms with Gasteiger partial charge in [-0.2, -0.15) is 0 Å². The first-order valence-corrected chi connectivity index (χ1v) is 8.00. The second-order valence-corrected chi connectivity index (χ2v) is 6.50. The highest BCUT2D eigenvalue weighted by atomic mass is 79.9. The van der Waals surface area contributed by atoms with Gasteiger partial charge in [-0.1, -0.05) is 54.2 Å². The second-order valence-electron chi connectivity index (χ2n) is 5.58. The van der Waals surface area contributed by atoms with E-state index >= 15 is 0 Å². The van der Waals surface area contributed by atoms with Gasteiger partial charge in [0.2, 0.25) is 0 Å². The lowest BCUT2D eigenvalue weighted by atomic mass is 9.84. The van der Waals surface area contributed by atoms with Crippen molar-refractivity contribution in [3.8, 4) is 0 Å². The molecule has 1 aromatic rings. The van der Waals surface area contributed by atoms with E-state index < -0.39 is 0 Å². The van der Waals surface area contributed by atoms with Crippen molar-refractivity contribution in [2.24, 2.45) is 5.92 Å². The van der Waals surface area contributed by atoms with Gasteiger partial charge in [-0.25, -0.2) is 0 Å². The van der Waals surface area contributed by atoms with Crippen molar-refractivity contribution in [2.45, 2.75) is 58.0 Å². The second kappa shape index (κ2) is 6.72. The lowest BCUT2D eigenvalue weighted by Gasteiger charge is -2.31. The topological polar surface area (TPSA) is 12.0 Å². The van der Waals surface area contributed by atoms with Crippen LogP contribution in [0, 0.1) is 5.92 Å². The maximum absolute atomic E-state index is 3.81. The van der Waals surface area contributed by atoms with Crippen LogP contribution in [0.15, 0.2) is 28.7 Å². The molecule has 1 fully saturated rings. The Morgan fingerprint density at radius 1 is 1.39 bits per heavy atom. The molecule has 3 unspecified atom stereocenters. The number of hydrogen-bond acceptors (Lipinski definition) is 1. The van der Waals surface area contributed by atoms with Crippen LogP contribution in [0.5, 0.6) is 0 Å². The summed E-state index contributed by atoms with van der Waals surface area (Å²) in [6.45, 7) is 4.60. The highest BCUT2D eigenvalue weighted by Gasteiger charge is 2.22. The van der Waals surface area contributed by atoms with Crippen LogP contribution in [-0.2, 0) is 0 Å². The summed E-state index contributed by atoms with van der Waals surface area (Å²) in [5, 5.41) is 3.81. The zero-order chi connectivity index (χ0) is 13.0. The fourth-order valence-corrected chi connectivity index (χ4v) is 3.46. The predicted octanol–water partition coefficient (Wildman–Crippen LogP) is 5.07. The average molecular weight is 310 g/mol. The van der Waals surface area contributed by atoms with E-state index in [1.165, 1.54) is 42.1 Å². The summed E-state index contributed by atoms with van der Waals surface area (Å²) in [4.78, 5) is 0. The molecule has 0 heterocycles. The minimum absolute atomic E-state index is 0.447. The Morgan fingerprint density at radius 2 is 2.22 bits per heavy atom. The average Bonchev–Trinajstić information content (AvgIpc) is 2.39. The summed E-state index contributed by atoms with van der Waals surface area (Å²) in [5.74, 6) is 0.936. The summed E-state index contributed by atoms with van der Waals surface area (Å²) >= 11 is 3.55. The van der Waals surface area contributed by atoms with Crippen LogP contribution in [0.1, 0.15) is 57.6 Å². The van der Waals surface area contributed by atoms with Crippen LogP contribution in [0.2, 0.25) is 0 Å². The van der Waals surface area contributed by atoms with Gasteiger partial charge in [0, 0.05) is 16.6 Å². The summed E-state index contributed by atoms with van der Waals surface area (Å²) in [6, 6.07) is 9.79. The molecule has 3 atom stereocenters. The third-order valence-electron chi connectivity index (χ3n) is 4.19. The molecule has 0 aliphatic heterocycles. The molecule has 0 spiro atoms. The van der Waals surface area contributed by atoms with Crippen LogP contribution in [0.25, 0.3) is 0 Å². The van der Waals surface area contributed by atoms with Gasteiger partial charge in [-0.05, 0) is 43.4 Å². The van der Waals surface area contributed by atoms with E-state index in [1.807, 2.05) is 0 Å². The van der Waals surface area contributed by atoms with E-state index in [9.17, 15) is 0 Å². The van der Waals surface area contributed by atoms with Gasteiger partial charge < -0.3 is 5.32 Å². The highest BCUT2D eigenvalue weighted by molar-refractivity contribution is 9.10. The molecule has 1 saturated carbocycles. The highest BCUT2D eigenvalue weighted by Crippen LogP contribution is 2.28. The van der Waals surface area contributed by atoms with Crippen LogP contribution < -0.4 is 5.32 Å². The van der Waals surface area contributed by atoms with Crippen molar-refractivity contribution < 1.29 is 0 Å². The Morgan fingerprint density at radius 3 is 2.94 bits per heavy atom. The molecule has 1 aliphatic rings. The Labute approximate surface area is 119 Å². The van der Waals surface area contributed by atoms with Gasteiger partial charge in [0.15, 0.2) is 0 Å². The third-order valence-corrected chi connectivity index (χ3v) is 4.69. The maximum Gasteiger partial charge on any atom is 0.0294 e. The molecule has 0 radical (unpaired) electrons. The minimum atomic E-state index is 0.447. The Kier molecular flexibility index (Phi) is 5.25. The van der Waals surface area contributed by atoms with Crippen molar-refractivity contribution in [3.63, 3.8) is 0 Å². The minimum Gasteiger partial charge on any atom is -0.307 e. The van der Waals surface area contributed by atoms with E-state index in [1.54, 1.807) is 0 Å². The molecule has 1 aliphatic carbocycles. The quantitative estimate of drug-likeness (QED) is 0.819. The third kappa shape index (κ3) is 3.83. The number of rotatable bonds is 4. The molecule has 1 aromatic carbocycles. The first-order valence-electron chi connectivity index (χ1n) is 7.20. The molecule has 0 aromatic heterocycles. The molecular weight excluding hydrogens is 286 g/mol. The Hall–Kier alpha value is -0.340. The maximum atomic E-state index is 3.81. The molecule has 100 valence electrons. The van der Waals surface area contributed by atoms with Gasteiger partial charge in [0.25, 0.3) is 0 Å². The number of halogens is 1.